The van der Waals surface area contributed by atoms with E-state index in [1.807, 2.05) is 13.8 Å². The Morgan fingerprint density at radius 2 is 2.20 bits per heavy atom. The Hall–Kier alpha value is -0.570. The van der Waals surface area contributed by atoms with E-state index >= 15 is 0 Å². The molecule has 1 unspecified atom stereocenters. The van der Waals surface area contributed by atoms with Gasteiger partial charge in [-0.1, -0.05) is 27.7 Å². The van der Waals surface area contributed by atoms with Crippen LogP contribution in [-0.4, -0.2) is 25.2 Å². The second-order valence-corrected chi connectivity index (χ2v) is 5.50. The van der Waals surface area contributed by atoms with E-state index in [1.165, 1.54) is 0 Å². The van der Waals surface area contributed by atoms with E-state index in [-0.39, 0.29) is 17.4 Å². The van der Waals surface area contributed by atoms with Crippen LogP contribution in [0.15, 0.2) is 0 Å². The highest BCUT2D eigenvalue weighted by molar-refractivity contribution is 5.77. The summed E-state index contributed by atoms with van der Waals surface area (Å²) in [6, 6.07) is -0.134. The maximum atomic E-state index is 11.8. The minimum Gasteiger partial charge on any atom is -0.464 e. The van der Waals surface area contributed by atoms with E-state index in [4.69, 9.17) is 4.74 Å². The molecule has 1 atom stereocenters. The molecule has 3 nitrogen and oxygen atoms in total. The normalized spacial score (nSPS) is 25.3. The molecule has 3 heteroatoms. The molecule has 0 aromatic heterocycles. The molecule has 1 fully saturated rings. The highest BCUT2D eigenvalue weighted by atomic mass is 16.5. The lowest BCUT2D eigenvalue weighted by molar-refractivity contribution is -0.151. The first-order valence-corrected chi connectivity index (χ1v) is 5.83. The number of carbonyl (C=O) groups is 1. The second kappa shape index (κ2) is 4.97. The Balaban J connectivity index is 2.49. The molecule has 0 aromatic carbocycles. The lowest BCUT2D eigenvalue weighted by Gasteiger charge is -2.37. The van der Waals surface area contributed by atoms with E-state index in [0.29, 0.717) is 12.5 Å². The molecule has 1 aliphatic rings. The van der Waals surface area contributed by atoms with Gasteiger partial charge in [-0.2, -0.15) is 0 Å². The molecule has 1 heterocycles. The number of esters is 1. The van der Waals surface area contributed by atoms with Gasteiger partial charge in [0.25, 0.3) is 0 Å². The Labute approximate surface area is 92.6 Å². The third-order valence-electron chi connectivity index (χ3n) is 2.92. The van der Waals surface area contributed by atoms with Gasteiger partial charge in [0.05, 0.1) is 6.61 Å². The Kier molecular flexibility index (Phi) is 4.14. The lowest BCUT2D eigenvalue weighted by Crippen LogP contribution is -2.52. The van der Waals surface area contributed by atoms with Crippen LogP contribution in [0.25, 0.3) is 0 Å². The fourth-order valence-corrected chi connectivity index (χ4v) is 1.95. The monoisotopic (exact) mass is 213 g/mol. The molecule has 0 saturated carbocycles. The zero-order valence-corrected chi connectivity index (χ0v) is 10.3. The summed E-state index contributed by atoms with van der Waals surface area (Å²) in [7, 11) is 0. The van der Waals surface area contributed by atoms with Crippen LogP contribution in [0.4, 0.5) is 0 Å². The molecule has 15 heavy (non-hydrogen) atoms. The number of rotatable bonds is 3. The fraction of sp³-hybridized carbons (Fsp3) is 0.917. The zero-order chi connectivity index (χ0) is 11.5. The fourth-order valence-electron chi connectivity index (χ4n) is 1.95. The van der Waals surface area contributed by atoms with Crippen molar-refractivity contribution in [1.29, 1.82) is 0 Å². The molecule has 1 rings (SSSR count). The molecule has 0 amide bonds. The highest BCUT2D eigenvalue weighted by Crippen LogP contribution is 2.30. The van der Waals surface area contributed by atoms with Crippen molar-refractivity contribution in [3.8, 4) is 0 Å². The highest BCUT2D eigenvalue weighted by Gasteiger charge is 2.38. The lowest BCUT2D eigenvalue weighted by atomic mass is 9.77. The largest absolute Gasteiger partial charge is 0.464 e. The van der Waals surface area contributed by atoms with Crippen molar-refractivity contribution in [3.05, 3.63) is 0 Å². The molecular weight excluding hydrogens is 190 g/mol. The Morgan fingerprint density at radius 1 is 1.53 bits per heavy atom. The van der Waals surface area contributed by atoms with Crippen molar-refractivity contribution in [1.82, 2.24) is 5.32 Å². The van der Waals surface area contributed by atoms with Gasteiger partial charge in [0.15, 0.2) is 0 Å². The number of nitrogens with one attached hydrogen (secondary N) is 1. The van der Waals surface area contributed by atoms with Crippen LogP contribution in [0.3, 0.4) is 0 Å². The summed E-state index contributed by atoms with van der Waals surface area (Å²) in [6.07, 6.45) is 2.22. The average Bonchev–Trinajstić information content (AvgIpc) is 2.13. The number of piperidine rings is 1. The summed E-state index contributed by atoms with van der Waals surface area (Å²) >= 11 is 0. The summed E-state index contributed by atoms with van der Waals surface area (Å²) < 4.78 is 5.28. The minimum absolute atomic E-state index is 0.0202. The van der Waals surface area contributed by atoms with E-state index in [0.717, 1.165) is 19.4 Å². The van der Waals surface area contributed by atoms with Gasteiger partial charge in [0.1, 0.15) is 6.04 Å². The number of hydrogen-bond acceptors (Lipinski definition) is 3. The van der Waals surface area contributed by atoms with E-state index in [9.17, 15) is 4.79 Å². The zero-order valence-electron chi connectivity index (χ0n) is 10.3. The second-order valence-electron chi connectivity index (χ2n) is 5.50. The number of hydrogen-bond donors (Lipinski definition) is 1. The van der Waals surface area contributed by atoms with Gasteiger partial charge in [-0.25, -0.2) is 0 Å². The smallest absolute Gasteiger partial charge is 0.323 e. The van der Waals surface area contributed by atoms with Gasteiger partial charge < -0.3 is 10.1 Å². The van der Waals surface area contributed by atoms with Crippen LogP contribution in [-0.2, 0) is 9.53 Å². The van der Waals surface area contributed by atoms with Gasteiger partial charge in [-0.3, -0.25) is 4.79 Å². The molecule has 1 N–H and O–H groups in total. The first-order valence-electron chi connectivity index (χ1n) is 5.83. The van der Waals surface area contributed by atoms with Crippen molar-refractivity contribution >= 4 is 5.97 Å². The topological polar surface area (TPSA) is 38.3 Å². The van der Waals surface area contributed by atoms with Gasteiger partial charge >= 0.3 is 5.97 Å². The van der Waals surface area contributed by atoms with Crippen LogP contribution in [0, 0.1) is 11.3 Å². The van der Waals surface area contributed by atoms with Gasteiger partial charge in [0.2, 0.25) is 0 Å². The van der Waals surface area contributed by atoms with Crippen molar-refractivity contribution in [2.45, 2.75) is 46.6 Å². The van der Waals surface area contributed by atoms with Gasteiger partial charge in [-0.15, -0.1) is 0 Å². The van der Waals surface area contributed by atoms with E-state index in [2.05, 4.69) is 19.2 Å². The first-order chi connectivity index (χ1) is 6.93. The van der Waals surface area contributed by atoms with Crippen molar-refractivity contribution in [2.24, 2.45) is 11.3 Å². The predicted octanol–water partition coefficient (Wildman–Crippen LogP) is 1.96. The van der Waals surface area contributed by atoms with Crippen molar-refractivity contribution < 1.29 is 9.53 Å². The summed E-state index contributed by atoms with van der Waals surface area (Å²) in [5.41, 5.74) is 0.0202. The van der Waals surface area contributed by atoms with E-state index < -0.39 is 0 Å². The van der Waals surface area contributed by atoms with Crippen molar-refractivity contribution in [2.75, 3.05) is 13.2 Å². The standard InChI is InChI=1S/C12H23NO2/c1-9(2)8-15-11(14)10-12(3,4)6-5-7-13-10/h9-10,13H,5-8H2,1-4H3. The predicted molar refractivity (Wildman–Crippen MR) is 60.6 cm³/mol. The van der Waals surface area contributed by atoms with Crippen molar-refractivity contribution in [3.63, 3.8) is 0 Å². The molecule has 0 aliphatic carbocycles. The van der Waals surface area contributed by atoms with Gasteiger partial charge in [0, 0.05) is 0 Å². The molecule has 0 radical (unpaired) electrons. The number of carbonyl (C=O) groups excluding carboxylic acids is 1. The van der Waals surface area contributed by atoms with Crippen LogP contribution < -0.4 is 5.32 Å². The van der Waals surface area contributed by atoms with Gasteiger partial charge in [-0.05, 0) is 30.7 Å². The van der Waals surface area contributed by atoms with Crippen LogP contribution in [0.1, 0.15) is 40.5 Å². The summed E-state index contributed by atoms with van der Waals surface area (Å²) in [6.45, 7) is 9.79. The molecule has 0 spiro atoms. The van der Waals surface area contributed by atoms with Crippen LogP contribution >= 0.6 is 0 Å². The third-order valence-corrected chi connectivity index (χ3v) is 2.92. The Bertz CT molecular complexity index is 224. The quantitative estimate of drug-likeness (QED) is 0.728. The molecule has 1 aliphatic heterocycles. The summed E-state index contributed by atoms with van der Waals surface area (Å²) in [4.78, 5) is 11.8. The molecule has 88 valence electrons. The summed E-state index contributed by atoms with van der Waals surface area (Å²) in [5.74, 6) is 0.314. The van der Waals surface area contributed by atoms with E-state index in [1.54, 1.807) is 0 Å². The van der Waals surface area contributed by atoms with Crippen LogP contribution in [0.5, 0.6) is 0 Å². The molecule has 1 saturated heterocycles. The molecule has 0 bridgehead atoms. The Morgan fingerprint density at radius 3 is 2.73 bits per heavy atom. The molecule has 0 aromatic rings. The molecular formula is C12H23NO2. The number of ether oxygens (including phenoxy) is 1. The first kappa shape index (κ1) is 12.5. The van der Waals surface area contributed by atoms with Crippen LogP contribution in [0.2, 0.25) is 0 Å². The average molecular weight is 213 g/mol. The maximum absolute atomic E-state index is 11.8. The maximum Gasteiger partial charge on any atom is 0.323 e. The minimum atomic E-state index is -0.134. The third kappa shape index (κ3) is 3.49. The summed E-state index contributed by atoms with van der Waals surface area (Å²) in [5, 5.41) is 3.26. The SMILES string of the molecule is CC(C)COC(=O)C1NCCCC1(C)C.